The van der Waals surface area contributed by atoms with E-state index < -0.39 is 133 Å². The summed E-state index contributed by atoms with van der Waals surface area (Å²) in [6.07, 6.45) is 42.6. The first-order valence-corrected chi connectivity index (χ1v) is 44.9. The number of amides is 4. The smallest absolute Gasteiger partial charge is 0.756 e. The van der Waals surface area contributed by atoms with Gasteiger partial charge in [-0.1, -0.05) is 220 Å². The number of benzene rings is 1. The van der Waals surface area contributed by atoms with Crippen LogP contribution >= 0.6 is 15.6 Å². The summed E-state index contributed by atoms with van der Waals surface area (Å²) >= 11 is 0. The van der Waals surface area contributed by atoms with Gasteiger partial charge in [-0.15, -0.1) is 0 Å². The summed E-state index contributed by atoms with van der Waals surface area (Å²) in [6, 6.07) is 1.22. The molecule has 111 heavy (non-hydrogen) atoms. The number of phenols is 1. The maximum Gasteiger partial charge on any atom is 1.00 e. The molecule has 0 radical (unpaired) electrons. The van der Waals surface area contributed by atoms with Crippen molar-refractivity contribution in [3.8, 4) is 5.75 Å². The molecule has 4 amide bonds. The molecule has 8 atom stereocenters. The number of allylic oxidation sites excluding steroid dienone is 4. The van der Waals surface area contributed by atoms with Gasteiger partial charge in [-0.25, -0.2) is 0 Å². The van der Waals surface area contributed by atoms with Crippen LogP contribution in [0, 0.1) is 0 Å². The number of hydrogen-bond donors (Lipinski definition) is 7. The molecule has 0 aliphatic rings. The van der Waals surface area contributed by atoms with E-state index in [1.165, 1.54) is 38.5 Å². The van der Waals surface area contributed by atoms with Crippen LogP contribution in [0.25, 0.3) is 0 Å². The predicted molar refractivity (Wildman–Crippen MR) is 425 cm³/mol. The average Bonchev–Trinajstić information content (AvgIpc) is 0.847. The Morgan fingerprint density at radius 3 is 1.06 bits per heavy atom. The molecule has 0 aliphatic heterocycles. The molecular formula is C82H146N4Na2O21P2. The van der Waals surface area contributed by atoms with Gasteiger partial charge in [0.25, 0.3) is 27.5 Å². The number of carbonyl (C=O) groups excluding carboxylic acids is 6. The molecule has 1 rings (SSSR count). The Bertz CT molecular complexity index is 2500. The van der Waals surface area contributed by atoms with E-state index in [0.717, 1.165) is 185 Å². The number of hydrogen-bond acceptors (Lipinski definition) is 21. The fourth-order valence-corrected chi connectivity index (χ4v) is 13.5. The Morgan fingerprint density at radius 2 is 0.721 bits per heavy atom. The van der Waals surface area contributed by atoms with Crippen LogP contribution in [0.3, 0.4) is 0 Å². The van der Waals surface area contributed by atoms with Gasteiger partial charge in [0.05, 0.1) is 76.8 Å². The molecule has 0 saturated carbocycles. The second-order valence-corrected chi connectivity index (χ2v) is 31.7. The van der Waals surface area contributed by atoms with Crippen LogP contribution in [0.1, 0.15) is 345 Å². The molecule has 632 valence electrons. The quantitative estimate of drug-likeness (QED) is 0.0105. The van der Waals surface area contributed by atoms with Crippen LogP contribution in [-0.2, 0) is 65.4 Å². The van der Waals surface area contributed by atoms with Crippen LogP contribution in [0.15, 0.2) is 42.5 Å². The first kappa shape index (κ1) is 110. The van der Waals surface area contributed by atoms with E-state index in [2.05, 4.69) is 87.1 Å². The van der Waals surface area contributed by atoms with Crippen LogP contribution in [0.5, 0.6) is 5.75 Å². The first-order chi connectivity index (χ1) is 52.6. The van der Waals surface area contributed by atoms with Gasteiger partial charge in [0, 0.05) is 50.3 Å². The van der Waals surface area contributed by atoms with E-state index in [1.807, 2.05) is 0 Å². The zero-order valence-corrected chi connectivity index (χ0v) is 75.6. The summed E-state index contributed by atoms with van der Waals surface area (Å²) in [4.78, 5) is 106. The van der Waals surface area contributed by atoms with Gasteiger partial charge >= 0.3 is 71.1 Å². The first-order valence-electron chi connectivity index (χ1n) is 42.0. The molecule has 0 aromatic heterocycles. The number of phosphoric ester groups is 2. The van der Waals surface area contributed by atoms with E-state index in [4.69, 9.17) is 37.0 Å². The fraction of sp³-hybridized carbons (Fsp3) is 0.805. The minimum absolute atomic E-state index is 0. The number of phosphoric acid groups is 2. The molecule has 29 heteroatoms. The van der Waals surface area contributed by atoms with Crippen molar-refractivity contribution in [1.82, 2.24) is 21.3 Å². The van der Waals surface area contributed by atoms with Crippen LogP contribution in [0.2, 0.25) is 0 Å². The van der Waals surface area contributed by atoms with E-state index in [9.17, 15) is 63.0 Å². The van der Waals surface area contributed by atoms with Gasteiger partial charge in [0.1, 0.15) is 18.0 Å². The number of aromatic hydroxyl groups is 1. The van der Waals surface area contributed by atoms with E-state index in [1.54, 1.807) is 0 Å². The maximum atomic E-state index is 13.7. The van der Waals surface area contributed by atoms with Crippen molar-refractivity contribution in [1.29, 1.82) is 0 Å². The molecular weight excluding hydrogens is 1480 g/mol. The van der Waals surface area contributed by atoms with Gasteiger partial charge in [0.15, 0.2) is 0 Å². The Balaban J connectivity index is 0. The predicted octanol–water partition coefficient (Wildman–Crippen LogP) is 9.81. The zero-order valence-electron chi connectivity index (χ0n) is 69.8. The fourth-order valence-electron chi connectivity index (χ4n) is 12.0. The Kier molecular flexibility index (Phi) is 74.5. The van der Waals surface area contributed by atoms with E-state index in [0.29, 0.717) is 51.4 Å². The van der Waals surface area contributed by atoms with Gasteiger partial charge in [-0.05, 0) is 121 Å². The third-order valence-corrected chi connectivity index (χ3v) is 20.3. The Hall–Kier alpha value is -2.62. The van der Waals surface area contributed by atoms with Crippen molar-refractivity contribution in [2.45, 2.75) is 361 Å². The summed E-state index contributed by atoms with van der Waals surface area (Å²) in [6.45, 7) is 9.47. The van der Waals surface area contributed by atoms with Crippen LogP contribution < -0.4 is 90.2 Å². The number of aliphatic hydroxyl groups excluding tert-OH is 2. The molecule has 6 unspecified atom stereocenters. The monoisotopic (exact) mass is 1630 g/mol. The van der Waals surface area contributed by atoms with Crippen LogP contribution in [-0.4, -0.2) is 153 Å². The summed E-state index contributed by atoms with van der Waals surface area (Å²) in [5.74, 6) is -3.99. The number of carbonyl (C=O) groups is 6. The molecule has 0 bridgehead atoms. The van der Waals surface area contributed by atoms with Gasteiger partial charge in [0.2, 0.25) is 11.8 Å². The van der Waals surface area contributed by atoms with Crippen molar-refractivity contribution in [3.05, 3.63) is 53.6 Å². The van der Waals surface area contributed by atoms with Crippen molar-refractivity contribution < 1.29 is 159 Å². The number of phenolic OH excluding ortho intramolecular Hbond substituents is 1. The van der Waals surface area contributed by atoms with Crippen LogP contribution in [0.4, 0.5) is 0 Å². The normalized spacial score (nSPS) is 14.3. The summed E-state index contributed by atoms with van der Waals surface area (Å²) < 4.78 is 70.3. The molecule has 7 N–H and O–H groups in total. The second kappa shape index (κ2) is 74.9. The van der Waals surface area contributed by atoms with Crippen molar-refractivity contribution in [2.24, 2.45) is 0 Å². The largest absolute Gasteiger partial charge is 1.00 e. The average molecular weight is 1630 g/mol. The number of ether oxygens (including phenoxy) is 4. The minimum atomic E-state index is -5.11. The SMILES string of the molecule is CCCCCC/C=C\CCCC(=O)O[C@H](CCCCCCC)CC(=O)NC(COCCC(O)CCCCCCC)COP(=O)([O-])OCCNC(=O)c1cc(O)cc(C(=O)NCCOP(=O)([O-])OCC(COCCC(O)CCCCCCC)NC(=O)C[C@@H](CCCCCCC)OC(=O)CCC/C=C\CCCCCC)c1.[Na+].[Na+]. The molecule has 1 aromatic carbocycles. The summed E-state index contributed by atoms with van der Waals surface area (Å²) in [5, 5.41) is 42.2. The Labute approximate surface area is 712 Å². The number of rotatable bonds is 76. The van der Waals surface area contributed by atoms with E-state index >= 15 is 0 Å². The number of nitrogens with one attached hydrogen (secondary N) is 4. The molecule has 0 aliphatic carbocycles. The number of aliphatic hydroxyl groups is 2. The topological polar surface area (TPSA) is 365 Å². The maximum absolute atomic E-state index is 13.7. The van der Waals surface area contributed by atoms with Crippen molar-refractivity contribution in [2.75, 3.05) is 65.9 Å². The Morgan fingerprint density at radius 1 is 0.405 bits per heavy atom. The second-order valence-electron chi connectivity index (χ2n) is 28.9. The van der Waals surface area contributed by atoms with Crippen molar-refractivity contribution in [3.63, 3.8) is 0 Å². The molecule has 0 spiro atoms. The summed E-state index contributed by atoms with van der Waals surface area (Å²) in [7, 11) is -10.2. The number of esters is 2. The molecule has 0 saturated heterocycles. The van der Waals surface area contributed by atoms with Gasteiger partial charge in [-0.2, -0.15) is 0 Å². The van der Waals surface area contributed by atoms with Gasteiger partial charge < -0.3 is 83.4 Å². The molecule has 1 aromatic rings. The standard InChI is InChI=1S/C82H148N4O21P2.2Na/c1-7-13-19-25-27-29-31-37-43-49-79(92)106-75(47-41-35-23-17-11-5)62-77(90)85-70(64-100-55-51-72(87)45-39-33-21-15-9-3)66-104-108(96,97)102-57-53-83-81(94)68-59-69(61-74(89)60-68)82(95)84-54-58-103-109(98,99)105-67-71(65-101-56-52-73(88)46-40-34-22-16-10-4)86-78(91)63-76(48-42-36-24-18-12-6)107-80(93)50-44-38-32-30-28-26-20-14-8-2;;/h29-32,59-61,70-73,75-76,87-89H,7-28,33-58,62-67H2,1-6H3,(H,83,94)(H,84,95)(H,85,90)(H,86,91)(H,96,97)(H,98,99);;/q;2*+1/p-2/b31-29-,32-30-;;/t70?,71?,72?,73?,75-,76-;;/m1../s1. The minimum Gasteiger partial charge on any atom is -0.756 e. The molecule has 25 nitrogen and oxygen atoms in total. The third-order valence-electron chi connectivity index (χ3n) is 18.4. The molecule has 0 heterocycles. The van der Waals surface area contributed by atoms with Gasteiger partial charge in [-0.3, -0.25) is 37.9 Å². The van der Waals surface area contributed by atoms with Crippen molar-refractivity contribution >= 4 is 51.2 Å². The summed E-state index contributed by atoms with van der Waals surface area (Å²) in [5.41, 5.74) is -0.409. The third kappa shape index (κ3) is 67.0. The zero-order chi connectivity index (χ0) is 80.3. The number of unbranched alkanes of at least 4 members (excludes halogenated alkanes) is 26. The van der Waals surface area contributed by atoms with E-state index in [-0.39, 0.29) is 122 Å². The molecule has 0 fully saturated rings.